The van der Waals surface area contributed by atoms with Gasteiger partial charge in [-0.05, 0) is 24.1 Å². The number of rotatable bonds is 5. The Balaban J connectivity index is 1.56. The van der Waals surface area contributed by atoms with Crippen LogP contribution in [0.15, 0.2) is 42.7 Å². The van der Waals surface area contributed by atoms with Gasteiger partial charge >= 0.3 is 0 Å². The molecule has 0 unspecified atom stereocenters. The minimum absolute atomic E-state index is 0.0188. The van der Waals surface area contributed by atoms with E-state index in [4.69, 9.17) is 4.74 Å². The van der Waals surface area contributed by atoms with Crippen molar-refractivity contribution in [2.75, 3.05) is 13.2 Å². The van der Waals surface area contributed by atoms with Crippen LogP contribution in [0.5, 0.6) is 0 Å². The molecule has 122 valence electrons. The van der Waals surface area contributed by atoms with E-state index in [1.165, 1.54) is 0 Å². The molecule has 2 N–H and O–H groups in total. The summed E-state index contributed by atoms with van der Waals surface area (Å²) >= 11 is 0. The lowest BCUT2D eigenvalue weighted by atomic mass is 10.1. The van der Waals surface area contributed by atoms with Crippen molar-refractivity contribution in [1.29, 1.82) is 0 Å². The average molecular weight is 314 g/mol. The number of carbonyl (C=O) groups is 1. The first-order chi connectivity index (χ1) is 11.2. The van der Waals surface area contributed by atoms with Crippen LogP contribution in [0.25, 0.3) is 0 Å². The van der Waals surface area contributed by atoms with Gasteiger partial charge in [0.25, 0.3) is 0 Å². The summed E-state index contributed by atoms with van der Waals surface area (Å²) in [6.45, 7) is 4.52. The van der Waals surface area contributed by atoms with E-state index in [-0.39, 0.29) is 18.1 Å². The molecule has 2 aromatic rings. The fourth-order valence-corrected chi connectivity index (χ4v) is 2.75. The number of amides is 1. The third-order valence-corrected chi connectivity index (χ3v) is 3.96. The molecule has 1 aliphatic rings. The average Bonchev–Trinajstić information content (AvgIpc) is 3.06. The summed E-state index contributed by atoms with van der Waals surface area (Å²) in [6, 6.07) is 9.80. The van der Waals surface area contributed by atoms with Gasteiger partial charge in [0.2, 0.25) is 5.91 Å². The second kappa shape index (κ2) is 7.39. The first kappa shape index (κ1) is 15.7. The fraction of sp³-hybridized carbons (Fsp3) is 0.412. The SMILES string of the molecule is C[C@H]1OCCN[C@@H]1C(=O)NCc1cccc(Cn2cccn2)c1. The lowest BCUT2D eigenvalue weighted by Gasteiger charge is -2.29. The van der Waals surface area contributed by atoms with Gasteiger partial charge in [-0.3, -0.25) is 9.48 Å². The smallest absolute Gasteiger partial charge is 0.240 e. The van der Waals surface area contributed by atoms with Crippen LogP contribution in [0.2, 0.25) is 0 Å². The predicted octanol–water partition coefficient (Wildman–Crippen LogP) is 0.924. The molecule has 1 fully saturated rings. The van der Waals surface area contributed by atoms with Gasteiger partial charge in [-0.1, -0.05) is 24.3 Å². The highest BCUT2D eigenvalue weighted by Crippen LogP contribution is 2.08. The molecule has 1 aromatic carbocycles. The van der Waals surface area contributed by atoms with Gasteiger partial charge in [0.1, 0.15) is 6.04 Å². The van der Waals surface area contributed by atoms with Gasteiger partial charge in [-0.15, -0.1) is 0 Å². The summed E-state index contributed by atoms with van der Waals surface area (Å²) in [5.74, 6) is -0.0188. The Labute approximate surface area is 135 Å². The fourth-order valence-electron chi connectivity index (χ4n) is 2.75. The second-order valence-corrected chi connectivity index (χ2v) is 5.75. The van der Waals surface area contributed by atoms with Crippen LogP contribution in [0.4, 0.5) is 0 Å². The Kier molecular flexibility index (Phi) is 5.05. The molecular weight excluding hydrogens is 292 g/mol. The van der Waals surface area contributed by atoms with E-state index in [9.17, 15) is 4.79 Å². The van der Waals surface area contributed by atoms with Crippen LogP contribution in [0.1, 0.15) is 18.1 Å². The van der Waals surface area contributed by atoms with E-state index < -0.39 is 0 Å². The highest BCUT2D eigenvalue weighted by Gasteiger charge is 2.27. The third-order valence-electron chi connectivity index (χ3n) is 3.96. The monoisotopic (exact) mass is 314 g/mol. The molecule has 6 heteroatoms. The molecule has 0 bridgehead atoms. The molecule has 23 heavy (non-hydrogen) atoms. The maximum atomic E-state index is 12.3. The first-order valence-electron chi connectivity index (χ1n) is 7.90. The standard InChI is InChI=1S/C17H22N4O2/c1-13-16(18-7-9-23-13)17(22)19-11-14-4-2-5-15(10-14)12-21-8-3-6-20-21/h2-6,8,10,13,16,18H,7,9,11-12H2,1H3,(H,19,22)/t13-,16+/m1/s1. The van der Waals surface area contributed by atoms with Crippen LogP contribution in [0.3, 0.4) is 0 Å². The molecule has 0 spiro atoms. The molecule has 3 rings (SSSR count). The molecule has 2 atom stereocenters. The molecule has 0 radical (unpaired) electrons. The first-order valence-corrected chi connectivity index (χ1v) is 7.90. The summed E-state index contributed by atoms with van der Waals surface area (Å²) < 4.78 is 7.39. The molecule has 0 aliphatic carbocycles. The number of ether oxygens (including phenoxy) is 1. The molecule has 6 nitrogen and oxygen atoms in total. The van der Waals surface area contributed by atoms with Gasteiger partial charge < -0.3 is 15.4 Å². The number of aromatic nitrogens is 2. The predicted molar refractivity (Wildman–Crippen MR) is 86.8 cm³/mol. The molecule has 1 saturated heterocycles. The van der Waals surface area contributed by atoms with Crippen LogP contribution >= 0.6 is 0 Å². The van der Waals surface area contributed by atoms with Crippen molar-refractivity contribution in [3.63, 3.8) is 0 Å². The van der Waals surface area contributed by atoms with Gasteiger partial charge in [-0.2, -0.15) is 5.10 Å². The van der Waals surface area contributed by atoms with E-state index in [2.05, 4.69) is 27.9 Å². The minimum atomic E-state index is -0.281. The Morgan fingerprint density at radius 1 is 1.43 bits per heavy atom. The maximum Gasteiger partial charge on any atom is 0.240 e. The van der Waals surface area contributed by atoms with Gasteiger partial charge in [0.05, 0.1) is 19.3 Å². The summed E-state index contributed by atoms with van der Waals surface area (Å²) in [6.07, 6.45) is 3.60. The number of nitrogens with one attached hydrogen (secondary N) is 2. The summed E-state index contributed by atoms with van der Waals surface area (Å²) in [4.78, 5) is 12.3. The Morgan fingerprint density at radius 2 is 2.30 bits per heavy atom. The quantitative estimate of drug-likeness (QED) is 0.861. The largest absolute Gasteiger partial charge is 0.375 e. The zero-order chi connectivity index (χ0) is 16.1. The zero-order valence-corrected chi connectivity index (χ0v) is 13.2. The highest BCUT2D eigenvalue weighted by molar-refractivity contribution is 5.82. The highest BCUT2D eigenvalue weighted by atomic mass is 16.5. The van der Waals surface area contributed by atoms with Crippen LogP contribution in [-0.2, 0) is 22.6 Å². The minimum Gasteiger partial charge on any atom is -0.375 e. The van der Waals surface area contributed by atoms with Gasteiger partial charge in [0, 0.05) is 25.5 Å². The van der Waals surface area contributed by atoms with Crippen LogP contribution in [-0.4, -0.2) is 41.0 Å². The number of benzene rings is 1. The topological polar surface area (TPSA) is 68.2 Å². The van der Waals surface area contributed by atoms with Crippen molar-refractivity contribution in [2.24, 2.45) is 0 Å². The van der Waals surface area contributed by atoms with Gasteiger partial charge in [-0.25, -0.2) is 0 Å². The molecule has 0 saturated carbocycles. The van der Waals surface area contributed by atoms with Crippen molar-refractivity contribution < 1.29 is 9.53 Å². The molecule has 2 heterocycles. The van der Waals surface area contributed by atoms with E-state index in [1.54, 1.807) is 6.20 Å². The Bertz CT molecular complexity index is 642. The van der Waals surface area contributed by atoms with Crippen LogP contribution < -0.4 is 10.6 Å². The molecular formula is C17H22N4O2. The lowest BCUT2D eigenvalue weighted by molar-refractivity contribution is -0.129. The van der Waals surface area contributed by atoms with Crippen molar-refractivity contribution in [3.8, 4) is 0 Å². The van der Waals surface area contributed by atoms with Crippen molar-refractivity contribution in [3.05, 3.63) is 53.9 Å². The summed E-state index contributed by atoms with van der Waals surface area (Å²) in [7, 11) is 0. The maximum absolute atomic E-state index is 12.3. The summed E-state index contributed by atoms with van der Waals surface area (Å²) in [5.41, 5.74) is 2.24. The Hall–Kier alpha value is -2.18. The van der Waals surface area contributed by atoms with E-state index in [0.717, 1.165) is 17.7 Å². The number of nitrogens with zero attached hydrogens (tertiary/aromatic N) is 2. The van der Waals surface area contributed by atoms with E-state index >= 15 is 0 Å². The summed E-state index contributed by atoms with van der Waals surface area (Å²) in [5, 5.41) is 10.4. The number of morpholine rings is 1. The third kappa shape index (κ3) is 4.18. The second-order valence-electron chi connectivity index (χ2n) is 5.75. The number of hydrogen-bond acceptors (Lipinski definition) is 4. The molecule has 1 aromatic heterocycles. The molecule has 1 amide bonds. The zero-order valence-electron chi connectivity index (χ0n) is 13.2. The van der Waals surface area contributed by atoms with E-state index in [0.29, 0.717) is 19.7 Å². The Morgan fingerprint density at radius 3 is 3.09 bits per heavy atom. The normalized spacial score (nSPS) is 21.1. The van der Waals surface area contributed by atoms with E-state index in [1.807, 2.05) is 36.0 Å². The number of hydrogen-bond donors (Lipinski definition) is 2. The van der Waals surface area contributed by atoms with Crippen molar-refractivity contribution >= 4 is 5.91 Å². The van der Waals surface area contributed by atoms with Crippen molar-refractivity contribution in [2.45, 2.75) is 32.2 Å². The molecule has 1 aliphatic heterocycles. The lowest BCUT2D eigenvalue weighted by Crippen LogP contribution is -2.55. The van der Waals surface area contributed by atoms with Crippen molar-refractivity contribution in [1.82, 2.24) is 20.4 Å². The van der Waals surface area contributed by atoms with Gasteiger partial charge in [0.15, 0.2) is 0 Å². The number of carbonyl (C=O) groups excluding carboxylic acids is 1. The van der Waals surface area contributed by atoms with Crippen LogP contribution in [0, 0.1) is 0 Å².